The number of ether oxygens (including phenoxy) is 1. The average Bonchev–Trinajstić information content (AvgIpc) is 2.80. The van der Waals surface area contributed by atoms with Crippen LogP contribution in [0, 0.1) is 5.41 Å². The van der Waals surface area contributed by atoms with Gasteiger partial charge in [0.05, 0.1) is 0 Å². The third kappa shape index (κ3) is 1.42. The van der Waals surface area contributed by atoms with Gasteiger partial charge < -0.3 is 0 Å². The summed E-state index contributed by atoms with van der Waals surface area (Å²) in [6.07, 6.45) is 2.38. The summed E-state index contributed by atoms with van der Waals surface area (Å²) in [5.41, 5.74) is 2.27. The molecule has 0 amide bonds. The van der Waals surface area contributed by atoms with Crippen molar-refractivity contribution < 1.29 is 4.74 Å². The summed E-state index contributed by atoms with van der Waals surface area (Å²) in [6.45, 7) is 2.34. The molecule has 2 aliphatic rings. The van der Waals surface area contributed by atoms with E-state index in [1.54, 1.807) is 0 Å². The average molecular weight is 327 g/mol. The molecule has 20 heavy (non-hydrogen) atoms. The molecule has 0 aliphatic carbocycles. The molecule has 2 heterocycles. The fourth-order valence-electron chi connectivity index (χ4n) is 3.41. The van der Waals surface area contributed by atoms with Crippen LogP contribution in [0.15, 0.2) is 71.7 Å². The third-order valence-electron chi connectivity index (χ3n) is 4.51. The molecule has 0 N–H and O–H groups in total. The van der Waals surface area contributed by atoms with Gasteiger partial charge in [0, 0.05) is 0 Å². The molecule has 4 rings (SSSR count). The molecule has 1 saturated heterocycles. The molecule has 2 heteroatoms. The predicted molar refractivity (Wildman–Crippen MR) is 81.5 cm³/mol. The molecule has 1 nitrogen and oxygen atoms in total. The summed E-state index contributed by atoms with van der Waals surface area (Å²) in [5, 5.41) is 0.371. The van der Waals surface area contributed by atoms with E-state index in [1.165, 1.54) is 11.1 Å². The van der Waals surface area contributed by atoms with Crippen LogP contribution in [0.25, 0.3) is 0 Å². The van der Waals surface area contributed by atoms with Crippen LogP contribution in [0.5, 0.6) is 0 Å². The van der Waals surface area contributed by atoms with Crippen molar-refractivity contribution in [3.8, 4) is 0 Å². The maximum atomic E-state index is 6.49. The van der Waals surface area contributed by atoms with Crippen LogP contribution in [0.4, 0.5) is 0 Å². The fraction of sp³-hybridized carbons (Fsp3) is 0.222. The van der Waals surface area contributed by atoms with Gasteiger partial charge in [0.2, 0.25) is 0 Å². The van der Waals surface area contributed by atoms with E-state index in [4.69, 9.17) is 4.74 Å². The second kappa shape index (κ2) is 4.33. The van der Waals surface area contributed by atoms with Gasteiger partial charge in [-0.25, -0.2) is 0 Å². The van der Waals surface area contributed by atoms with E-state index in [0.717, 1.165) is 0 Å². The van der Waals surface area contributed by atoms with Crippen molar-refractivity contribution in [2.75, 3.05) is 0 Å². The van der Waals surface area contributed by atoms with Crippen LogP contribution in [-0.4, -0.2) is 20.0 Å². The first-order valence-corrected chi connectivity index (χ1v) is 8.87. The van der Waals surface area contributed by atoms with Gasteiger partial charge >= 0.3 is 125 Å². The van der Waals surface area contributed by atoms with E-state index in [1.807, 2.05) is 0 Å². The van der Waals surface area contributed by atoms with E-state index in [2.05, 4.69) is 78.6 Å². The molecule has 1 fully saturated rings. The second-order valence-electron chi connectivity index (χ2n) is 5.58. The quantitative estimate of drug-likeness (QED) is 0.767. The first-order valence-electron chi connectivity index (χ1n) is 6.89. The molecular weight excluding hydrogens is 311 g/mol. The second-order valence-corrected chi connectivity index (χ2v) is 7.62. The Morgan fingerprint density at radius 3 is 1.95 bits per heavy atom. The Labute approximate surface area is 125 Å². The Kier molecular flexibility index (Phi) is 2.68. The van der Waals surface area contributed by atoms with Crippen molar-refractivity contribution in [1.29, 1.82) is 0 Å². The topological polar surface area (TPSA) is 9.23 Å². The number of hydrogen-bond donors (Lipinski definition) is 0. The van der Waals surface area contributed by atoms with Gasteiger partial charge in [0.15, 0.2) is 0 Å². The Morgan fingerprint density at radius 1 is 0.900 bits per heavy atom. The monoisotopic (exact) mass is 328 g/mol. The van der Waals surface area contributed by atoms with Crippen LogP contribution < -0.4 is 0 Å². The van der Waals surface area contributed by atoms with E-state index in [0.29, 0.717) is 20.0 Å². The van der Waals surface area contributed by atoms with E-state index < -0.39 is 0 Å². The molecule has 100 valence electrons. The Hall–Kier alpha value is -1.34. The molecule has 2 unspecified atom stereocenters. The van der Waals surface area contributed by atoms with Gasteiger partial charge in [-0.05, 0) is 0 Å². The van der Waals surface area contributed by atoms with Crippen LogP contribution in [0.2, 0.25) is 0 Å². The molecule has 2 aliphatic heterocycles. The van der Waals surface area contributed by atoms with E-state index >= 15 is 0 Å². The Balaban J connectivity index is 1.94. The summed E-state index contributed by atoms with van der Waals surface area (Å²) in [6, 6.07) is 21.3. The first-order chi connectivity index (χ1) is 9.77. The van der Waals surface area contributed by atoms with Crippen LogP contribution in [-0.2, 0) is 10.3 Å². The van der Waals surface area contributed by atoms with Gasteiger partial charge in [-0.15, -0.1) is 0 Å². The van der Waals surface area contributed by atoms with E-state index in [-0.39, 0.29) is 11.0 Å². The van der Waals surface area contributed by atoms with Gasteiger partial charge in [-0.3, -0.25) is 0 Å². The Bertz CT molecular complexity index is 610. The van der Waals surface area contributed by atoms with Crippen molar-refractivity contribution >= 4 is 15.0 Å². The summed E-state index contributed by atoms with van der Waals surface area (Å²) in [7, 11) is 0. The number of hydrogen-bond acceptors (Lipinski definition) is 1. The van der Waals surface area contributed by atoms with Gasteiger partial charge in [0.25, 0.3) is 0 Å². The number of benzene rings is 2. The molecule has 2 atom stereocenters. The van der Waals surface area contributed by atoms with Crippen LogP contribution >= 0.6 is 0 Å². The zero-order valence-electron chi connectivity index (χ0n) is 11.3. The predicted octanol–water partition coefficient (Wildman–Crippen LogP) is 3.52. The Morgan fingerprint density at radius 2 is 1.45 bits per heavy atom. The summed E-state index contributed by atoms with van der Waals surface area (Å²) >= 11 is 0.460. The van der Waals surface area contributed by atoms with Crippen molar-refractivity contribution in [3.63, 3.8) is 0 Å². The van der Waals surface area contributed by atoms with Crippen molar-refractivity contribution in [3.05, 3.63) is 82.8 Å². The van der Waals surface area contributed by atoms with Gasteiger partial charge in [-0.1, -0.05) is 0 Å². The molecule has 0 spiro atoms. The zero-order chi connectivity index (χ0) is 13.6. The zero-order valence-corrected chi connectivity index (χ0v) is 13.0. The molecule has 0 aromatic heterocycles. The first kappa shape index (κ1) is 12.4. The summed E-state index contributed by atoms with van der Waals surface area (Å²) < 4.78 is 6.49. The van der Waals surface area contributed by atoms with Crippen molar-refractivity contribution in [2.45, 2.75) is 17.5 Å². The van der Waals surface area contributed by atoms with Crippen molar-refractivity contribution in [2.24, 2.45) is 5.41 Å². The summed E-state index contributed by atoms with van der Waals surface area (Å²) in [5.74, 6) is 0. The van der Waals surface area contributed by atoms with Gasteiger partial charge in [0.1, 0.15) is 0 Å². The fourth-order valence-corrected chi connectivity index (χ4v) is 5.99. The normalized spacial score (nSPS) is 29.8. The van der Waals surface area contributed by atoms with Crippen LogP contribution in [0.3, 0.4) is 0 Å². The number of rotatable bonds is 2. The van der Waals surface area contributed by atoms with E-state index in [9.17, 15) is 0 Å². The minimum absolute atomic E-state index is 0.0791. The molecule has 0 radical (unpaired) electrons. The SMILES string of the molecule is CC12C=C[Se]C1OC2(c1ccccc1)c1ccccc1. The third-order valence-corrected chi connectivity index (χ3v) is 6.87. The standard InChI is InChI=1S/C18H16OSe/c1-17-12-13-20-16(17)19-18(17,14-8-4-2-5-9-14)15-10-6-3-7-11-15/h2-13,16H,1H3. The van der Waals surface area contributed by atoms with Crippen LogP contribution in [0.1, 0.15) is 18.1 Å². The molecule has 2 aromatic carbocycles. The summed E-state index contributed by atoms with van der Waals surface area (Å²) in [4.78, 5) is 2.32. The molecule has 2 aromatic rings. The minimum atomic E-state index is -0.324. The maximum absolute atomic E-state index is 6.49. The molecule has 0 saturated carbocycles. The molecular formula is C18H16OSe. The van der Waals surface area contributed by atoms with Crippen molar-refractivity contribution in [1.82, 2.24) is 0 Å². The number of fused-ring (bicyclic) bond motifs is 1. The molecule has 0 bridgehead atoms. The van der Waals surface area contributed by atoms with Gasteiger partial charge in [-0.2, -0.15) is 0 Å².